The van der Waals surface area contributed by atoms with E-state index in [4.69, 9.17) is 11.1 Å². The fourth-order valence-corrected chi connectivity index (χ4v) is 3.77. The number of nitrogens with two attached hydrogens (primary N) is 1. The van der Waals surface area contributed by atoms with Gasteiger partial charge in [0, 0.05) is 49.6 Å². The Bertz CT molecular complexity index is 527. The third kappa shape index (κ3) is 7.26. The first-order chi connectivity index (χ1) is 12.6. The first-order valence-electron chi connectivity index (χ1n) is 10.2. The Hall–Kier alpha value is -1.40. The largest absolute Gasteiger partial charge is 0.402 e. The number of amides is 1. The average Bonchev–Trinajstić information content (AvgIpc) is 2.61. The summed E-state index contributed by atoms with van der Waals surface area (Å²) < 4.78 is 0. The number of likely N-dealkylation sites (N-methyl/N-ethyl adjacent to an activating group) is 2. The van der Waals surface area contributed by atoms with Crippen LogP contribution in [-0.4, -0.2) is 57.3 Å². The molecule has 0 aliphatic heterocycles. The lowest BCUT2D eigenvalue weighted by molar-refractivity contribution is -0.131. The number of hydrogen-bond donors (Lipinski definition) is 4. The van der Waals surface area contributed by atoms with Crippen molar-refractivity contribution in [3.8, 4) is 0 Å². The third-order valence-electron chi connectivity index (χ3n) is 5.77. The summed E-state index contributed by atoms with van der Waals surface area (Å²) in [6.07, 6.45) is 4.10. The fourth-order valence-electron chi connectivity index (χ4n) is 3.77. The minimum atomic E-state index is -0.0393. The van der Waals surface area contributed by atoms with Crippen LogP contribution in [0.15, 0.2) is 11.3 Å². The van der Waals surface area contributed by atoms with Crippen LogP contribution in [0.25, 0.3) is 0 Å². The summed E-state index contributed by atoms with van der Waals surface area (Å²) in [6.45, 7) is 11.8. The van der Waals surface area contributed by atoms with E-state index in [1.54, 1.807) is 0 Å². The molecule has 2 atom stereocenters. The SMILES string of the molecule is CNCCN(C)CC(C=N)=C(N)C1CCC(C)(C)C(C(=O)NCC(C)C)C1. The molecular formula is C21H41N5O. The standard InChI is InChI=1S/C21H41N5O/c1-15(2)13-25-20(27)18-11-16(7-8-21(18,3)4)19(23)17(12-22)14-26(6)10-9-24-5/h12,15-16,18,22,24H,7-11,13-14,23H2,1-6H3,(H,25,27). The first-order valence-corrected chi connectivity index (χ1v) is 10.2. The van der Waals surface area contributed by atoms with Gasteiger partial charge in [0.15, 0.2) is 0 Å². The van der Waals surface area contributed by atoms with Crippen LogP contribution in [0.4, 0.5) is 0 Å². The maximum Gasteiger partial charge on any atom is 0.223 e. The molecule has 1 saturated carbocycles. The minimum absolute atomic E-state index is 0.0216. The maximum atomic E-state index is 12.8. The summed E-state index contributed by atoms with van der Waals surface area (Å²) in [6, 6.07) is 0. The molecule has 1 aliphatic rings. The van der Waals surface area contributed by atoms with Crippen molar-refractivity contribution in [1.29, 1.82) is 5.41 Å². The number of hydrogen-bond acceptors (Lipinski definition) is 5. The van der Waals surface area contributed by atoms with Crippen LogP contribution < -0.4 is 16.4 Å². The Morgan fingerprint density at radius 3 is 2.63 bits per heavy atom. The summed E-state index contributed by atoms with van der Waals surface area (Å²) in [5, 5.41) is 14.1. The molecule has 0 heterocycles. The molecule has 1 fully saturated rings. The molecule has 156 valence electrons. The molecule has 6 nitrogen and oxygen atoms in total. The van der Waals surface area contributed by atoms with Gasteiger partial charge in [-0.3, -0.25) is 4.79 Å². The quantitative estimate of drug-likeness (QED) is 0.438. The van der Waals surface area contributed by atoms with Gasteiger partial charge in [0.25, 0.3) is 0 Å². The summed E-state index contributed by atoms with van der Waals surface area (Å²) in [4.78, 5) is 15.0. The van der Waals surface area contributed by atoms with Crippen molar-refractivity contribution in [2.75, 3.05) is 40.3 Å². The van der Waals surface area contributed by atoms with Gasteiger partial charge in [0.2, 0.25) is 5.91 Å². The highest BCUT2D eigenvalue weighted by atomic mass is 16.1. The highest BCUT2D eigenvalue weighted by Crippen LogP contribution is 2.45. The average molecular weight is 380 g/mol. The molecule has 1 aliphatic carbocycles. The summed E-state index contributed by atoms with van der Waals surface area (Å²) in [7, 11) is 3.98. The molecule has 0 aromatic heterocycles. The molecule has 1 amide bonds. The second kappa shape index (κ2) is 10.8. The first kappa shape index (κ1) is 23.6. The molecule has 6 heteroatoms. The lowest BCUT2D eigenvalue weighted by atomic mass is 9.64. The summed E-state index contributed by atoms with van der Waals surface area (Å²) in [5.41, 5.74) is 8.15. The van der Waals surface area contributed by atoms with E-state index in [2.05, 4.69) is 43.2 Å². The van der Waals surface area contributed by atoms with Crippen LogP contribution in [0.2, 0.25) is 0 Å². The van der Waals surface area contributed by atoms with Gasteiger partial charge in [-0.1, -0.05) is 27.7 Å². The molecule has 0 bridgehead atoms. The molecule has 5 N–H and O–H groups in total. The van der Waals surface area contributed by atoms with Crippen molar-refractivity contribution in [3.05, 3.63) is 11.3 Å². The van der Waals surface area contributed by atoms with Crippen LogP contribution in [-0.2, 0) is 4.79 Å². The van der Waals surface area contributed by atoms with Gasteiger partial charge in [-0.15, -0.1) is 0 Å². The van der Waals surface area contributed by atoms with Gasteiger partial charge in [0.05, 0.1) is 0 Å². The number of carbonyl (C=O) groups is 1. The van der Waals surface area contributed by atoms with E-state index in [-0.39, 0.29) is 23.2 Å². The predicted molar refractivity (Wildman–Crippen MR) is 114 cm³/mol. The lowest BCUT2D eigenvalue weighted by Crippen LogP contribution is -2.45. The Balaban J connectivity index is 2.88. The van der Waals surface area contributed by atoms with Crippen LogP contribution in [0, 0.1) is 28.6 Å². The van der Waals surface area contributed by atoms with Gasteiger partial charge in [-0.25, -0.2) is 0 Å². The number of nitrogens with zero attached hydrogens (tertiary/aromatic N) is 1. The Morgan fingerprint density at radius 2 is 2.07 bits per heavy atom. The molecule has 0 spiro atoms. The highest BCUT2D eigenvalue weighted by molar-refractivity contribution is 5.80. The summed E-state index contributed by atoms with van der Waals surface area (Å²) >= 11 is 0. The van der Waals surface area contributed by atoms with E-state index in [0.29, 0.717) is 19.0 Å². The van der Waals surface area contributed by atoms with E-state index in [1.165, 1.54) is 6.21 Å². The molecule has 0 aromatic rings. The van der Waals surface area contributed by atoms with Crippen molar-refractivity contribution >= 4 is 12.1 Å². The maximum absolute atomic E-state index is 12.8. The van der Waals surface area contributed by atoms with Crippen molar-refractivity contribution in [1.82, 2.24) is 15.5 Å². The van der Waals surface area contributed by atoms with Gasteiger partial charge in [-0.2, -0.15) is 0 Å². The van der Waals surface area contributed by atoms with Gasteiger partial charge >= 0.3 is 0 Å². The second-order valence-electron chi connectivity index (χ2n) is 9.12. The molecule has 1 rings (SSSR count). The molecule has 27 heavy (non-hydrogen) atoms. The van der Waals surface area contributed by atoms with Crippen LogP contribution in [0.3, 0.4) is 0 Å². The second-order valence-corrected chi connectivity index (χ2v) is 9.12. The van der Waals surface area contributed by atoms with Crippen molar-refractivity contribution in [2.45, 2.75) is 47.0 Å². The topological polar surface area (TPSA) is 94.2 Å². The Kier molecular flexibility index (Phi) is 9.47. The van der Waals surface area contributed by atoms with Crippen molar-refractivity contribution in [2.24, 2.45) is 28.9 Å². The van der Waals surface area contributed by atoms with E-state index in [9.17, 15) is 4.79 Å². The van der Waals surface area contributed by atoms with Crippen molar-refractivity contribution in [3.63, 3.8) is 0 Å². The summed E-state index contributed by atoms with van der Waals surface area (Å²) in [5.74, 6) is 0.720. The molecule has 2 unspecified atom stereocenters. The van der Waals surface area contributed by atoms with Crippen molar-refractivity contribution < 1.29 is 4.79 Å². The van der Waals surface area contributed by atoms with E-state index in [0.717, 1.165) is 43.6 Å². The Labute approximate surface area is 165 Å². The lowest BCUT2D eigenvalue weighted by Gasteiger charge is -2.42. The molecule has 0 radical (unpaired) electrons. The van der Waals surface area contributed by atoms with Crippen LogP contribution in [0.1, 0.15) is 47.0 Å². The fraction of sp³-hybridized carbons (Fsp3) is 0.810. The third-order valence-corrected chi connectivity index (χ3v) is 5.77. The minimum Gasteiger partial charge on any atom is -0.402 e. The molecule has 0 aromatic carbocycles. The zero-order valence-corrected chi connectivity index (χ0v) is 18.2. The Morgan fingerprint density at radius 1 is 1.41 bits per heavy atom. The van der Waals surface area contributed by atoms with E-state index >= 15 is 0 Å². The molecule has 0 saturated heterocycles. The number of nitrogens with one attached hydrogen (secondary N) is 3. The predicted octanol–water partition coefficient (Wildman–Crippen LogP) is 2.21. The van der Waals surface area contributed by atoms with E-state index < -0.39 is 0 Å². The normalized spacial score (nSPS) is 23.3. The zero-order chi connectivity index (χ0) is 20.6. The van der Waals surface area contributed by atoms with Crippen LogP contribution >= 0.6 is 0 Å². The molecular weight excluding hydrogens is 338 g/mol. The smallest absolute Gasteiger partial charge is 0.223 e. The van der Waals surface area contributed by atoms with Crippen LogP contribution in [0.5, 0.6) is 0 Å². The number of carbonyl (C=O) groups excluding carboxylic acids is 1. The van der Waals surface area contributed by atoms with Gasteiger partial charge < -0.3 is 26.7 Å². The van der Waals surface area contributed by atoms with E-state index in [1.807, 2.05) is 14.1 Å². The number of allylic oxidation sites excluding steroid dienone is 1. The number of rotatable bonds is 10. The zero-order valence-electron chi connectivity index (χ0n) is 18.2. The van der Waals surface area contributed by atoms with Gasteiger partial charge in [0.1, 0.15) is 0 Å². The monoisotopic (exact) mass is 379 g/mol. The highest BCUT2D eigenvalue weighted by Gasteiger charge is 2.41. The van der Waals surface area contributed by atoms with Gasteiger partial charge in [-0.05, 0) is 50.6 Å².